The van der Waals surface area contributed by atoms with Gasteiger partial charge in [0.15, 0.2) is 6.10 Å². The molecule has 1 fully saturated rings. The number of hydrogen-bond acceptors (Lipinski definition) is 7. The Kier molecular flexibility index (Phi) is 9.36. The Labute approximate surface area is 188 Å². The number of esters is 1. The number of carbonyl (C=O) groups is 1. The Bertz CT molecular complexity index is 787. The molecule has 2 aromatic rings. The summed E-state index contributed by atoms with van der Waals surface area (Å²) in [7, 11) is 3.23. The monoisotopic (exact) mass is 446 g/mol. The summed E-state index contributed by atoms with van der Waals surface area (Å²) >= 11 is 1.57. The van der Waals surface area contributed by atoms with Gasteiger partial charge in [-0.05, 0) is 23.4 Å². The van der Waals surface area contributed by atoms with Crippen LogP contribution >= 0.6 is 11.8 Å². The predicted molar refractivity (Wildman–Crippen MR) is 120 cm³/mol. The molecule has 1 aliphatic heterocycles. The van der Waals surface area contributed by atoms with Crippen LogP contribution in [-0.4, -0.2) is 62.4 Å². The Morgan fingerprint density at radius 3 is 2.26 bits per heavy atom. The molecule has 0 aromatic heterocycles. The average Bonchev–Trinajstić information content (AvgIpc) is 2.81. The number of methoxy groups -OCH3 is 2. The van der Waals surface area contributed by atoms with E-state index in [9.17, 15) is 4.79 Å². The fraction of sp³-hybridized carbons (Fsp3) is 0.458. The number of ether oxygens (including phenoxy) is 5. The Morgan fingerprint density at radius 2 is 1.65 bits per heavy atom. The van der Waals surface area contributed by atoms with Crippen molar-refractivity contribution in [1.82, 2.24) is 0 Å². The smallest absolute Gasteiger partial charge is 0.338 e. The second-order valence-corrected chi connectivity index (χ2v) is 8.53. The van der Waals surface area contributed by atoms with Crippen molar-refractivity contribution >= 4 is 17.7 Å². The van der Waals surface area contributed by atoms with Crippen LogP contribution in [0.2, 0.25) is 0 Å². The van der Waals surface area contributed by atoms with Crippen molar-refractivity contribution in [3.63, 3.8) is 0 Å². The van der Waals surface area contributed by atoms with E-state index in [1.165, 1.54) is 0 Å². The largest absolute Gasteiger partial charge is 0.452 e. The summed E-state index contributed by atoms with van der Waals surface area (Å²) < 4.78 is 29.7. The van der Waals surface area contributed by atoms with Crippen molar-refractivity contribution in [2.45, 2.75) is 43.4 Å². The summed E-state index contributed by atoms with van der Waals surface area (Å²) in [5.41, 5.74) is 1.13. The van der Waals surface area contributed by atoms with E-state index in [-0.39, 0.29) is 11.5 Å². The van der Waals surface area contributed by atoms with Gasteiger partial charge in [-0.3, -0.25) is 0 Å². The highest BCUT2D eigenvalue weighted by Crippen LogP contribution is 2.34. The topological polar surface area (TPSA) is 63.2 Å². The summed E-state index contributed by atoms with van der Waals surface area (Å²) in [6.07, 6.45) is -1.95. The molecule has 31 heavy (non-hydrogen) atoms. The molecule has 0 amide bonds. The van der Waals surface area contributed by atoms with Crippen molar-refractivity contribution in [3.05, 3.63) is 71.8 Å². The van der Waals surface area contributed by atoms with Crippen LogP contribution in [0, 0.1) is 0 Å². The fourth-order valence-corrected chi connectivity index (χ4v) is 4.55. The first kappa shape index (κ1) is 23.8. The molecule has 1 aliphatic rings. The van der Waals surface area contributed by atoms with Crippen molar-refractivity contribution in [3.8, 4) is 0 Å². The zero-order chi connectivity index (χ0) is 22.1. The standard InChI is InChI=1S/C24H30O6S/c1-4-31-24-22(30-23(25)18-13-9-6-10-14-18)21(27-3)20(19(29-24)16-26-2)28-15-17-11-7-5-8-12-17/h5-14,19-22,24H,4,15-16H2,1-3H3/t19-,20-,21+,22-,24+/m1/s1. The lowest BCUT2D eigenvalue weighted by molar-refractivity contribution is -0.232. The van der Waals surface area contributed by atoms with Gasteiger partial charge in [-0.15, -0.1) is 11.8 Å². The zero-order valence-electron chi connectivity index (χ0n) is 18.1. The van der Waals surface area contributed by atoms with Gasteiger partial charge in [0.25, 0.3) is 0 Å². The minimum Gasteiger partial charge on any atom is -0.452 e. The maximum Gasteiger partial charge on any atom is 0.338 e. The first-order valence-electron chi connectivity index (χ1n) is 10.4. The van der Waals surface area contributed by atoms with Gasteiger partial charge >= 0.3 is 5.97 Å². The maximum atomic E-state index is 12.8. The van der Waals surface area contributed by atoms with Gasteiger partial charge in [0, 0.05) is 14.2 Å². The molecule has 0 N–H and O–H groups in total. The van der Waals surface area contributed by atoms with Crippen LogP contribution in [0.5, 0.6) is 0 Å². The van der Waals surface area contributed by atoms with Gasteiger partial charge < -0.3 is 23.7 Å². The second kappa shape index (κ2) is 12.2. The van der Waals surface area contributed by atoms with Crippen LogP contribution in [-0.2, 0) is 30.3 Å². The summed E-state index contributed by atoms with van der Waals surface area (Å²) in [5, 5.41) is 0. The third-order valence-electron chi connectivity index (χ3n) is 5.06. The molecule has 6 nitrogen and oxygen atoms in total. The number of hydrogen-bond donors (Lipinski definition) is 0. The second-order valence-electron chi connectivity index (χ2n) is 7.15. The first-order valence-corrected chi connectivity index (χ1v) is 11.4. The van der Waals surface area contributed by atoms with E-state index in [2.05, 4.69) is 0 Å². The minimum atomic E-state index is -0.628. The molecule has 1 heterocycles. The number of benzene rings is 2. The lowest BCUT2D eigenvalue weighted by atomic mass is 9.99. The Morgan fingerprint density at radius 1 is 0.968 bits per heavy atom. The van der Waals surface area contributed by atoms with Crippen LogP contribution in [0.4, 0.5) is 0 Å². The van der Waals surface area contributed by atoms with E-state index in [0.717, 1.165) is 11.3 Å². The first-order chi connectivity index (χ1) is 15.2. The molecular formula is C24H30O6S. The number of thioether (sulfide) groups is 1. The molecule has 0 spiro atoms. The van der Waals surface area contributed by atoms with E-state index in [4.69, 9.17) is 23.7 Å². The van der Waals surface area contributed by atoms with Crippen molar-refractivity contribution < 1.29 is 28.5 Å². The highest BCUT2D eigenvalue weighted by molar-refractivity contribution is 7.99. The molecule has 3 rings (SSSR count). The summed E-state index contributed by atoms with van der Waals surface area (Å²) in [6.45, 7) is 2.77. The van der Waals surface area contributed by atoms with Gasteiger partial charge in [0.1, 0.15) is 23.7 Å². The Hall–Kier alpha value is -1.90. The van der Waals surface area contributed by atoms with E-state index in [0.29, 0.717) is 18.8 Å². The molecule has 1 saturated heterocycles. The third kappa shape index (κ3) is 6.30. The van der Waals surface area contributed by atoms with Crippen LogP contribution in [0.25, 0.3) is 0 Å². The maximum absolute atomic E-state index is 12.8. The number of carbonyl (C=O) groups excluding carboxylic acids is 1. The molecule has 7 heteroatoms. The van der Waals surface area contributed by atoms with Crippen LogP contribution in [0.3, 0.4) is 0 Å². The molecule has 0 radical (unpaired) electrons. The molecule has 2 aromatic carbocycles. The molecule has 0 aliphatic carbocycles. The summed E-state index contributed by atoms with van der Waals surface area (Å²) in [6, 6.07) is 18.8. The highest BCUT2D eigenvalue weighted by Gasteiger charge is 2.49. The molecule has 168 valence electrons. The fourth-order valence-electron chi connectivity index (χ4n) is 3.60. The lowest BCUT2D eigenvalue weighted by Gasteiger charge is -2.45. The van der Waals surface area contributed by atoms with Crippen LogP contribution < -0.4 is 0 Å². The predicted octanol–water partition coefficient (Wildman–Crippen LogP) is 3.94. The third-order valence-corrected chi connectivity index (χ3v) is 6.10. The van der Waals surface area contributed by atoms with E-state index in [1.807, 2.05) is 43.3 Å². The molecule has 0 bridgehead atoms. The van der Waals surface area contributed by atoms with Gasteiger partial charge in [-0.1, -0.05) is 55.5 Å². The van der Waals surface area contributed by atoms with E-state index in [1.54, 1.807) is 50.2 Å². The molecular weight excluding hydrogens is 416 g/mol. The molecule has 0 unspecified atom stereocenters. The minimum absolute atomic E-state index is 0.347. The van der Waals surface area contributed by atoms with Gasteiger partial charge in [-0.2, -0.15) is 0 Å². The van der Waals surface area contributed by atoms with Crippen molar-refractivity contribution in [2.75, 3.05) is 26.6 Å². The Balaban J connectivity index is 1.82. The normalized spacial score (nSPS) is 25.8. The molecule has 5 atom stereocenters. The van der Waals surface area contributed by atoms with E-state index < -0.39 is 24.3 Å². The summed E-state index contributed by atoms with van der Waals surface area (Å²) in [5.74, 6) is 0.389. The number of rotatable bonds is 10. The van der Waals surface area contributed by atoms with E-state index >= 15 is 0 Å². The van der Waals surface area contributed by atoms with Gasteiger partial charge in [-0.25, -0.2) is 4.79 Å². The molecule has 0 saturated carbocycles. The highest BCUT2D eigenvalue weighted by atomic mass is 32.2. The SMILES string of the molecule is CCS[C@@H]1O[C@H](COC)[C@@H](OCc2ccccc2)[C@H](OC)[C@H]1OC(=O)c1ccccc1. The lowest BCUT2D eigenvalue weighted by Crippen LogP contribution is -2.60. The average molecular weight is 447 g/mol. The quantitative estimate of drug-likeness (QED) is 0.512. The van der Waals surface area contributed by atoms with Crippen LogP contribution in [0.15, 0.2) is 60.7 Å². The van der Waals surface area contributed by atoms with Crippen molar-refractivity contribution in [1.29, 1.82) is 0 Å². The zero-order valence-corrected chi connectivity index (χ0v) is 19.0. The van der Waals surface area contributed by atoms with Gasteiger partial charge in [0.2, 0.25) is 0 Å². The van der Waals surface area contributed by atoms with Crippen LogP contribution in [0.1, 0.15) is 22.8 Å². The van der Waals surface area contributed by atoms with Crippen molar-refractivity contribution in [2.24, 2.45) is 0 Å². The summed E-state index contributed by atoms with van der Waals surface area (Å²) in [4.78, 5) is 12.8. The van der Waals surface area contributed by atoms with Gasteiger partial charge in [0.05, 0.1) is 18.8 Å².